The van der Waals surface area contributed by atoms with E-state index in [4.69, 9.17) is 0 Å². The summed E-state index contributed by atoms with van der Waals surface area (Å²) in [5.74, 6) is 0.940. The van der Waals surface area contributed by atoms with Crippen LogP contribution in [0.25, 0.3) is 0 Å². The van der Waals surface area contributed by atoms with Gasteiger partial charge in [-0.05, 0) is 44.2 Å². The third kappa shape index (κ3) is 3.89. The van der Waals surface area contributed by atoms with E-state index in [1.165, 1.54) is 0 Å². The van der Waals surface area contributed by atoms with E-state index in [1.54, 1.807) is 12.1 Å². The van der Waals surface area contributed by atoms with E-state index in [0.717, 1.165) is 25.8 Å². The molecule has 104 valence electrons. The quantitative estimate of drug-likeness (QED) is 0.732. The van der Waals surface area contributed by atoms with Crippen LogP contribution >= 0.6 is 0 Å². The number of hydrogen-bond donors (Lipinski definition) is 3. The fourth-order valence-electron chi connectivity index (χ4n) is 2.28. The minimum atomic E-state index is -0.208. The Balaban J connectivity index is 1.83. The first-order chi connectivity index (χ1) is 9.19. The number of aromatic nitrogens is 2. The van der Waals surface area contributed by atoms with Crippen molar-refractivity contribution in [3.8, 4) is 0 Å². The van der Waals surface area contributed by atoms with Gasteiger partial charge in [-0.2, -0.15) is 0 Å². The summed E-state index contributed by atoms with van der Waals surface area (Å²) < 4.78 is 0. The highest BCUT2D eigenvalue weighted by molar-refractivity contribution is 5.92. The van der Waals surface area contributed by atoms with Crippen molar-refractivity contribution in [2.45, 2.75) is 32.3 Å². The molecule has 19 heavy (non-hydrogen) atoms. The number of carbonyl (C=O) groups excluding carboxylic acids is 1. The molecule has 2 unspecified atom stereocenters. The first-order valence-electron chi connectivity index (χ1n) is 6.73. The zero-order valence-electron chi connectivity index (χ0n) is 11.1. The summed E-state index contributed by atoms with van der Waals surface area (Å²) in [4.78, 5) is 11.5. The van der Waals surface area contributed by atoms with Gasteiger partial charge in [0.05, 0.1) is 6.10 Å². The van der Waals surface area contributed by atoms with Crippen molar-refractivity contribution in [1.82, 2.24) is 15.5 Å². The molecular weight excluding hydrogens is 244 g/mol. The molecule has 6 nitrogen and oxygen atoms in total. The maximum absolute atomic E-state index is 11.5. The number of aliphatic hydroxyl groups is 1. The highest BCUT2D eigenvalue weighted by atomic mass is 16.3. The van der Waals surface area contributed by atoms with Crippen LogP contribution in [0.4, 0.5) is 5.82 Å². The van der Waals surface area contributed by atoms with Crippen molar-refractivity contribution >= 4 is 11.7 Å². The number of aliphatic hydroxyl groups excluding tert-OH is 1. The number of amides is 1. The fraction of sp³-hybridized carbons (Fsp3) is 0.615. The van der Waals surface area contributed by atoms with Gasteiger partial charge in [0.1, 0.15) is 5.82 Å². The molecule has 1 aliphatic carbocycles. The van der Waals surface area contributed by atoms with Crippen molar-refractivity contribution in [2.24, 2.45) is 5.92 Å². The molecular formula is C13H20N4O2. The standard InChI is InChI=1S/C13H20N4O2/c1-2-14-13(19)11-5-6-12(17-16-11)15-8-9-3-4-10(18)7-9/h5-6,9-10,18H,2-4,7-8H2,1H3,(H,14,19)(H,15,17). The second-order valence-corrected chi connectivity index (χ2v) is 4.88. The highest BCUT2D eigenvalue weighted by Crippen LogP contribution is 2.25. The van der Waals surface area contributed by atoms with Crippen LogP contribution in [-0.2, 0) is 0 Å². The molecule has 1 amide bonds. The normalized spacial score (nSPS) is 22.2. The lowest BCUT2D eigenvalue weighted by molar-refractivity contribution is 0.0950. The van der Waals surface area contributed by atoms with Gasteiger partial charge in [-0.1, -0.05) is 0 Å². The Morgan fingerprint density at radius 3 is 2.84 bits per heavy atom. The summed E-state index contributed by atoms with van der Waals surface area (Å²) >= 11 is 0. The minimum absolute atomic E-state index is 0.155. The lowest BCUT2D eigenvalue weighted by Gasteiger charge is -2.11. The summed E-state index contributed by atoms with van der Waals surface area (Å²) in [6.07, 6.45) is 2.61. The summed E-state index contributed by atoms with van der Waals surface area (Å²) in [6, 6.07) is 3.41. The third-order valence-corrected chi connectivity index (χ3v) is 3.32. The SMILES string of the molecule is CCNC(=O)c1ccc(NCC2CCC(O)C2)nn1. The molecule has 1 aromatic heterocycles. The largest absolute Gasteiger partial charge is 0.393 e. The number of nitrogens with one attached hydrogen (secondary N) is 2. The van der Waals surface area contributed by atoms with Crippen LogP contribution in [0.1, 0.15) is 36.7 Å². The van der Waals surface area contributed by atoms with Gasteiger partial charge in [-0.3, -0.25) is 4.79 Å². The molecule has 1 saturated carbocycles. The molecule has 1 heterocycles. The van der Waals surface area contributed by atoms with Crippen molar-refractivity contribution < 1.29 is 9.90 Å². The zero-order valence-corrected chi connectivity index (χ0v) is 11.1. The lowest BCUT2D eigenvalue weighted by atomic mass is 10.1. The van der Waals surface area contributed by atoms with E-state index in [1.807, 2.05) is 6.92 Å². The van der Waals surface area contributed by atoms with E-state index in [9.17, 15) is 9.90 Å². The molecule has 0 aromatic carbocycles. The summed E-state index contributed by atoms with van der Waals surface area (Å²) in [5.41, 5.74) is 0.323. The van der Waals surface area contributed by atoms with E-state index in [2.05, 4.69) is 20.8 Å². The second kappa shape index (κ2) is 6.47. The zero-order chi connectivity index (χ0) is 13.7. The van der Waals surface area contributed by atoms with Gasteiger partial charge < -0.3 is 15.7 Å². The number of carbonyl (C=O) groups is 1. The van der Waals surface area contributed by atoms with Gasteiger partial charge in [0, 0.05) is 13.1 Å². The van der Waals surface area contributed by atoms with Crippen molar-refractivity contribution in [3.05, 3.63) is 17.8 Å². The maximum Gasteiger partial charge on any atom is 0.271 e. The van der Waals surface area contributed by atoms with Crippen LogP contribution in [0.5, 0.6) is 0 Å². The molecule has 1 aromatic rings. The van der Waals surface area contributed by atoms with Gasteiger partial charge in [0.2, 0.25) is 0 Å². The Labute approximate surface area is 112 Å². The maximum atomic E-state index is 11.5. The van der Waals surface area contributed by atoms with Crippen molar-refractivity contribution in [2.75, 3.05) is 18.4 Å². The number of nitrogens with zero attached hydrogens (tertiary/aromatic N) is 2. The van der Waals surface area contributed by atoms with Crippen molar-refractivity contribution in [1.29, 1.82) is 0 Å². The smallest absolute Gasteiger partial charge is 0.271 e. The summed E-state index contributed by atoms with van der Waals surface area (Å²) in [5, 5.41) is 23.2. The Morgan fingerprint density at radius 2 is 2.26 bits per heavy atom. The molecule has 6 heteroatoms. The predicted octanol–water partition coefficient (Wildman–Crippen LogP) is 0.799. The van der Waals surface area contributed by atoms with Crippen LogP contribution in [0.15, 0.2) is 12.1 Å². The van der Waals surface area contributed by atoms with E-state index < -0.39 is 0 Å². The van der Waals surface area contributed by atoms with Gasteiger partial charge in [0.15, 0.2) is 5.69 Å². The minimum Gasteiger partial charge on any atom is -0.393 e. The molecule has 0 bridgehead atoms. The van der Waals surface area contributed by atoms with Gasteiger partial charge in [-0.15, -0.1) is 10.2 Å². The van der Waals surface area contributed by atoms with Crippen LogP contribution < -0.4 is 10.6 Å². The molecule has 2 atom stereocenters. The average molecular weight is 264 g/mol. The monoisotopic (exact) mass is 264 g/mol. The Bertz CT molecular complexity index is 421. The molecule has 0 radical (unpaired) electrons. The number of anilines is 1. The van der Waals surface area contributed by atoms with E-state index in [0.29, 0.717) is 24.0 Å². The van der Waals surface area contributed by atoms with Gasteiger partial charge in [-0.25, -0.2) is 0 Å². The predicted molar refractivity (Wildman–Crippen MR) is 71.9 cm³/mol. The molecule has 1 fully saturated rings. The number of hydrogen-bond acceptors (Lipinski definition) is 5. The summed E-state index contributed by atoms with van der Waals surface area (Å²) in [7, 11) is 0. The van der Waals surface area contributed by atoms with Crippen LogP contribution in [0.2, 0.25) is 0 Å². The molecule has 3 N–H and O–H groups in total. The molecule has 0 aliphatic heterocycles. The topological polar surface area (TPSA) is 87.1 Å². The van der Waals surface area contributed by atoms with Gasteiger partial charge >= 0.3 is 0 Å². The molecule has 0 saturated heterocycles. The Morgan fingerprint density at radius 1 is 1.42 bits per heavy atom. The average Bonchev–Trinajstić information content (AvgIpc) is 2.83. The fourth-order valence-corrected chi connectivity index (χ4v) is 2.28. The van der Waals surface area contributed by atoms with Gasteiger partial charge in [0.25, 0.3) is 5.91 Å². The van der Waals surface area contributed by atoms with Crippen LogP contribution in [0.3, 0.4) is 0 Å². The molecule has 2 rings (SSSR count). The second-order valence-electron chi connectivity index (χ2n) is 4.88. The summed E-state index contributed by atoms with van der Waals surface area (Å²) in [6.45, 7) is 3.22. The molecule has 0 spiro atoms. The van der Waals surface area contributed by atoms with Crippen LogP contribution in [0, 0.1) is 5.92 Å². The highest BCUT2D eigenvalue weighted by Gasteiger charge is 2.22. The first-order valence-corrected chi connectivity index (χ1v) is 6.73. The third-order valence-electron chi connectivity index (χ3n) is 3.32. The van der Waals surface area contributed by atoms with Crippen molar-refractivity contribution in [3.63, 3.8) is 0 Å². The number of rotatable bonds is 5. The van der Waals surface area contributed by atoms with E-state index >= 15 is 0 Å². The van der Waals surface area contributed by atoms with E-state index in [-0.39, 0.29) is 12.0 Å². The first kappa shape index (κ1) is 13.7. The lowest BCUT2D eigenvalue weighted by Crippen LogP contribution is -2.24. The Hall–Kier alpha value is -1.69. The van der Waals surface area contributed by atoms with Crippen LogP contribution in [-0.4, -0.2) is 40.4 Å². The Kier molecular flexibility index (Phi) is 4.68. The molecule has 1 aliphatic rings.